The lowest BCUT2D eigenvalue weighted by atomic mass is 10.0. The summed E-state index contributed by atoms with van der Waals surface area (Å²) in [6, 6.07) is 7.68. The number of hydrogen-bond acceptors (Lipinski definition) is 5. The Labute approximate surface area is 126 Å². The van der Waals surface area contributed by atoms with Crippen LogP contribution in [0.5, 0.6) is 0 Å². The summed E-state index contributed by atoms with van der Waals surface area (Å²) in [5.74, 6) is -0.599. The molecule has 1 aromatic carbocycles. The van der Waals surface area contributed by atoms with Crippen molar-refractivity contribution >= 4 is 42.0 Å². The zero-order chi connectivity index (χ0) is 14.5. The van der Waals surface area contributed by atoms with E-state index in [-0.39, 0.29) is 4.91 Å². The third kappa shape index (κ3) is 1.64. The first kappa shape index (κ1) is 13.8. The van der Waals surface area contributed by atoms with Gasteiger partial charge in [-0.25, -0.2) is 12.7 Å². The van der Waals surface area contributed by atoms with Crippen LogP contribution in [0.2, 0.25) is 0 Å². The number of benzene rings is 1. The second kappa shape index (κ2) is 4.71. The van der Waals surface area contributed by atoms with Crippen molar-refractivity contribution in [2.45, 2.75) is 12.1 Å². The molecule has 20 heavy (non-hydrogen) atoms. The lowest BCUT2D eigenvalue weighted by Gasteiger charge is -2.39. The maximum atomic E-state index is 12.5. The van der Waals surface area contributed by atoms with Crippen LogP contribution in [-0.2, 0) is 22.6 Å². The van der Waals surface area contributed by atoms with Gasteiger partial charge in [-0.15, -0.1) is 0 Å². The molecule has 0 aliphatic carbocycles. The Morgan fingerprint density at radius 2 is 1.90 bits per heavy atom. The predicted molar refractivity (Wildman–Crippen MR) is 78.4 cm³/mol. The average molecular weight is 407 g/mol. The van der Waals surface area contributed by atoms with Gasteiger partial charge in [0.25, 0.3) is 15.9 Å². The van der Waals surface area contributed by atoms with Gasteiger partial charge in [-0.3, -0.25) is 7.86 Å². The number of fused-ring (bicyclic) bond motifs is 1. The first-order valence-corrected chi connectivity index (χ1v) is 9.11. The number of halogens is 1. The van der Waals surface area contributed by atoms with Crippen LogP contribution < -0.4 is 0 Å². The summed E-state index contributed by atoms with van der Waals surface area (Å²) in [5, 5.41) is 0. The molecule has 0 spiro atoms. The van der Waals surface area contributed by atoms with Crippen molar-refractivity contribution in [3.8, 4) is 0 Å². The Kier molecular flexibility index (Phi) is 3.26. The highest BCUT2D eigenvalue weighted by Gasteiger charge is 2.62. The minimum atomic E-state index is -3.92. The molecular formula is C12H10INO5S. The second-order valence-electron chi connectivity index (χ2n) is 4.36. The number of hydrogen-bond donors (Lipinski definition) is 0. The molecule has 106 valence electrons. The molecular weight excluding hydrogens is 397 g/mol. The highest BCUT2D eigenvalue weighted by molar-refractivity contribution is 14.2. The van der Waals surface area contributed by atoms with E-state index in [0.717, 1.165) is 4.31 Å². The van der Waals surface area contributed by atoms with Gasteiger partial charge in [-0.1, -0.05) is 30.3 Å². The number of methoxy groups -OCH3 is 1. The zero-order valence-corrected chi connectivity index (χ0v) is 13.3. The Morgan fingerprint density at radius 1 is 1.25 bits per heavy atom. The number of β-lactam (4-membered cyclic amide) rings is 1. The Bertz CT molecular complexity index is 727. The van der Waals surface area contributed by atoms with Crippen LogP contribution >= 0.6 is 21.2 Å². The van der Waals surface area contributed by atoms with Crippen LogP contribution in [0.25, 0.3) is 4.91 Å². The second-order valence-corrected chi connectivity index (χ2v) is 7.71. The third-order valence-corrected chi connectivity index (χ3v) is 7.28. The number of sulfonamides is 1. The molecule has 1 fully saturated rings. The average Bonchev–Trinajstić information content (AvgIpc) is 2.63. The molecule has 1 aromatic rings. The summed E-state index contributed by atoms with van der Waals surface area (Å²) in [6.45, 7) is 0. The molecule has 2 aliphatic heterocycles. The lowest BCUT2D eigenvalue weighted by Crippen LogP contribution is -2.64. The van der Waals surface area contributed by atoms with Crippen molar-refractivity contribution in [2.75, 3.05) is 7.11 Å². The Morgan fingerprint density at radius 3 is 2.45 bits per heavy atom. The van der Waals surface area contributed by atoms with E-state index < -0.39 is 49.3 Å². The van der Waals surface area contributed by atoms with Gasteiger partial charge < -0.3 is 4.74 Å². The van der Waals surface area contributed by atoms with E-state index in [0.29, 0.717) is 9.14 Å². The van der Waals surface area contributed by atoms with E-state index in [1.54, 1.807) is 30.3 Å². The number of ether oxygens (including phenoxy) is 1. The summed E-state index contributed by atoms with van der Waals surface area (Å²) in [7, 11) is -2.58. The number of nitrogens with zero attached hydrogens (tertiary/aromatic N) is 1. The monoisotopic (exact) mass is 407 g/mol. The largest absolute Gasteiger partial charge is 0.369 e. The quantitative estimate of drug-likeness (QED) is 0.557. The number of amides is 1. The first-order chi connectivity index (χ1) is 9.54. The lowest BCUT2D eigenvalue weighted by molar-refractivity contribution is -0.154. The van der Waals surface area contributed by atoms with Crippen molar-refractivity contribution in [3.63, 3.8) is 0 Å². The number of rotatable bonds is 3. The summed E-state index contributed by atoms with van der Waals surface area (Å²) in [4.78, 5) is 11.8. The van der Waals surface area contributed by atoms with E-state index in [9.17, 15) is 16.3 Å². The number of carbonyl (C=O) groups excluding carboxylic acids is 1. The summed E-state index contributed by atoms with van der Waals surface area (Å²) in [5.41, 5.74) is 0.454. The van der Waals surface area contributed by atoms with Crippen LogP contribution in [0.15, 0.2) is 33.9 Å². The van der Waals surface area contributed by atoms with Crippen molar-refractivity contribution in [3.05, 3.63) is 39.5 Å². The molecule has 0 unspecified atom stereocenters. The van der Waals surface area contributed by atoms with Crippen LogP contribution in [0, 0.1) is 0 Å². The SMILES string of the molecule is CO[C@H]1C(=O)N2[C@H]1C(I=O)=C(c1ccccc1)S2(=O)=O. The van der Waals surface area contributed by atoms with Gasteiger partial charge in [0, 0.05) is 7.11 Å². The zero-order valence-electron chi connectivity index (χ0n) is 10.3. The van der Waals surface area contributed by atoms with Gasteiger partial charge >= 0.3 is 0 Å². The van der Waals surface area contributed by atoms with Crippen molar-refractivity contribution in [2.24, 2.45) is 0 Å². The normalized spacial score (nSPS) is 27.4. The molecule has 0 N–H and O–H groups in total. The smallest absolute Gasteiger partial charge is 0.268 e. The molecule has 6 nitrogen and oxygen atoms in total. The fourth-order valence-corrected chi connectivity index (χ4v) is 6.95. The molecule has 2 atom stereocenters. The van der Waals surface area contributed by atoms with E-state index in [1.807, 2.05) is 0 Å². The van der Waals surface area contributed by atoms with Gasteiger partial charge in [0.15, 0.2) is 27.3 Å². The molecule has 1 amide bonds. The van der Waals surface area contributed by atoms with Crippen LogP contribution in [0.4, 0.5) is 0 Å². The van der Waals surface area contributed by atoms with Crippen molar-refractivity contribution < 1.29 is 21.0 Å². The van der Waals surface area contributed by atoms with E-state index >= 15 is 0 Å². The fraction of sp³-hybridized carbons (Fsp3) is 0.250. The molecule has 0 radical (unpaired) electrons. The minimum Gasteiger partial charge on any atom is -0.369 e. The van der Waals surface area contributed by atoms with Crippen molar-refractivity contribution in [1.82, 2.24) is 4.31 Å². The van der Waals surface area contributed by atoms with E-state index in [2.05, 4.69) is 0 Å². The summed E-state index contributed by atoms with van der Waals surface area (Å²) in [6.07, 6.45) is -0.852. The standard InChI is InChI=1S/C12H10INO5S/c1-19-10-9-8(13-16)11(7-5-3-2-4-6-7)20(17,18)14(9)12(10)15/h2-6,9-10H,1H3/t9-,10+/m0/s1. The Balaban J connectivity index is 2.23. The highest BCUT2D eigenvalue weighted by atomic mass is 127. The van der Waals surface area contributed by atoms with Gasteiger partial charge in [-0.2, -0.15) is 0 Å². The third-order valence-electron chi connectivity index (χ3n) is 3.37. The predicted octanol–water partition coefficient (Wildman–Crippen LogP) is 1.24. The molecule has 0 saturated carbocycles. The molecule has 1 saturated heterocycles. The molecule has 2 heterocycles. The fourth-order valence-electron chi connectivity index (χ4n) is 2.48. The molecule has 8 heteroatoms. The Hall–Kier alpha value is -1.13. The van der Waals surface area contributed by atoms with E-state index in [4.69, 9.17) is 4.74 Å². The maximum Gasteiger partial charge on any atom is 0.268 e. The highest BCUT2D eigenvalue weighted by Crippen LogP contribution is 2.50. The van der Waals surface area contributed by atoms with Gasteiger partial charge in [0.2, 0.25) is 0 Å². The maximum absolute atomic E-state index is 12.5. The number of carbonyl (C=O) groups is 1. The molecule has 3 rings (SSSR count). The summed E-state index contributed by atoms with van der Waals surface area (Å²) < 4.78 is 42.6. The topological polar surface area (TPSA) is 80.8 Å². The van der Waals surface area contributed by atoms with Crippen LogP contribution in [0.1, 0.15) is 5.56 Å². The van der Waals surface area contributed by atoms with Gasteiger partial charge in [0.05, 0.1) is 3.58 Å². The molecule has 0 bridgehead atoms. The van der Waals surface area contributed by atoms with Crippen molar-refractivity contribution in [1.29, 1.82) is 0 Å². The van der Waals surface area contributed by atoms with E-state index in [1.165, 1.54) is 7.11 Å². The van der Waals surface area contributed by atoms with Crippen LogP contribution in [0.3, 0.4) is 0 Å². The summed E-state index contributed by atoms with van der Waals surface area (Å²) >= 11 is -1.71. The molecule has 0 aromatic heterocycles. The minimum absolute atomic E-state index is 0.00111. The first-order valence-electron chi connectivity index (χ1n) is 5.71. The van der Waals surface area contributed by atoms with Crippen LogP contribution in [-0.4, -0.2) is 37.9 Å². The molecule has 2 aliphatic rings. The van der Waals surface area contributed by atoms with Gasteiger partial charge in [0.1, 0.15) is 10.9 Å². The van der Waals surface area contributed by atoms with Gasteiger partial charge in [-0.05, 0) is 5.56 Å².